The van der Waals surface area contributed by atoms with Gasteiger partial charge in [0.15, 0.2) is 11.5 Å². The van der Waals surface area contributed by atoms with E-state index in [2.05, 4.69) is 4.98 Å². The Morgan fingerprint density at radius 1 is 1.03 bits per heavy atom. The van der Waals surface area contributed by atoms with Gasteiger partial charge in [-0.3, -0.25) is 14.6 Å². The first kappa shape index (κ1) is 23.9. The summed E-state index contributed by atoms with van der Waals surface area (Å²) in [6, 6.07) is 12.9. The zero-order chi connectivity index (χ0) is 24.9. The van der Waals surface area contributed by atoms with E-state index in [0.717, 1.165) is 5.56 Å². The molecule has 1 aliphatic heterocycles. The van der Waals surface area contributed by atoms with E-state index >= 15 is 0 Å². The molecule has 0 aliphatic carbocycles. The van der Waals surface area contributed by atoms with Crippen LogP contribution in [0.4, 0.5) is 4.39 Å². The highest BCUT2D eigenvalue weighted by Crippen LogP contribution is 2.42. The number of benzene rings is 2. The maximum Gasteiger partial charge on any atom is 0.295 e. The van der Waals surface area contributed by atoms with Crippen molar-refractivity contribution in [2.45, 2.75) is 26.4 Å². The number of pyridine rings is 1. The summed E-state index contributed by atoms with van der Waals surface area (Å²) >= 11 is 0. The summed E-state index contributed by atoms with van der Waals surface area (Å²) in [5.74, 6) is -1.46. The lowest BCUT2D eigenvalue weighted by atomic mass is 9.95. The van der Waals surface area contributed by atoms with E-state index in [9.17, 15) is 19.1 Å². The largest absolute Gasteiger partial charge is 0.507 e. The van der Waals surface area contributed by atoms with Crippen molar-refractivity contribution < 1.29 is 28.6 Å². The number of nitrogens with zero attached hydrogens (tertiary/aromatic N) is 2. The van der Waals surface area contributed by atoms with Crippen molar-refractivity contribution in [2.75, 3.05) is 13.2 Å². The summed E-state index contributed by atoms with van der Waals surface area (Å²) in [7, 11) is 0. The number of rotatable bonds is 8. The second kappa shape index (κ2) is 10.4. The third-order valence-electron chi connectivity index (χ3n) is 5.62. The van der Waals surface area contributed by atoms with Crippen LogP contribution in [0.1, 0.15) is 36.6 Å². The predicted octanol–water partition coefficient (Wildman–Crippen LogP) is 4.64. The molecule has 2 aromatic carbocycles. The summed E-state index contributed by atoms with van der Waals surface area (Å²) in [6.45, 7) is 4.61. The van der Waals surface area contributed by atoms with Crippen molar-refractivity contribution in [3.63, 3.8) is 0 Å². The monoisotopic (exact) mass is 476 g/mol. The molecule has 1 N–H and O–H groups in total. The Bertz CT molecular complexity index is 1260. The number of halogens is 1. The number of aliphatic hydroxyl groups excluding tert-OH is 1. The topological polar surface area (TPSA) is 89.0 Å². The molecule has 3 aromatic rings. The molecule has 1 aliphatic rings. The summed E-state index contributed by atoms with van der Waals surface area (Å²) < 4.78 is 24.9. The van der Waals surface area contributed by atoms with Crippen LogP contribution < -0.4 is 9.47 Å². The Balaban J connectivity index is 1.88. The minimum absolute atomic E-state index is 0.0860. The van der Waals surface area contributed by atoms with E-state index in [0.29, 0.717) is 30.3 Å². The van der Waals surface area contributed by atoms with Gasteiger partial charge in [0.2, 0.25) is 0 Å². The molecule has 1 aromatic heterocycles. The molecule has 0 radical (unpaired) electrons. The first-order chi connectivity index (χ1) is 16.9. The fraction of sp³-hybridized carbons (Fsp3) is 0.222. The highest BCUT2D eigenvalue weighted by Gasteiger charge is 2.46. The third-order valence-corrected chi connectivity index (χ3v) is 5.62. The molecule has 180 valence electrons. The smallest absolute Gasteiger partial charge is 0.295 e. The highest BCUT2D eigenvalue weighted by atomic mass is 19.1. The van der Waals surface area contributed by atoms with Gasteiger partial charge in [0.25, 0.3) is 11.7 Å². The van der Waals surface area contributed by atoms with Crippen molar-refractivity contribution >= 4 is 17.4 Å². The summed E-state index contributed by atoms with van der Waals surface area (Å²) in [6.07, 6.45) is 3.23. The van der Waals surface area contributed by atoms with Gasteiger partial charge in [-0.15, -0.1) is 0 Å². The van der Waals surface area contributed by atoms with Gasteiger partial charge in [-0.05, 0) is 67.4 Å². The van der Waals surface area contributed by atoms with Crippen LogP contribution >= 0.6 is 0 Å². The molecule has 1 fully saturated rings. The number of carbonyl (C=O) groups excluding carboxylic acids is 2. The number of hydrogen-bond donors (Lipinski definition) is 1. The van der Waals surface area contributed by atoms with E-state index in [1.165, 1.54) is 29.2 Å². The van der Waals surface area contributed by atoms with Crippen molar-refractivity contribution in [3.8, 4) is 11.5 Å². The lowest BCUT2D eigenvalue weighted by Crippen LogP contribution is -2.29. The SMILES string of the molecule is CCOc1ccc([C@H]2C(=C(O)c3ccc(F)cc3)C(=O)C(=O)N2Cc2cccnc2)cc1OCC. The van der Waals surface area contributed by atoms with E-state index < -0.39 is 23.5 Å². The van der Waals surface area contributed by atoms with Gasteiger partial charge in [-0.25, -0.2) is 4.39 Å². The van der Waals surface area contributed by atoms with E-state index in [4.69, 9.17) is 9.47 Å². The second-order valence-corrected chi connectivity index (χ2v) is 7.87. The number of carbonyl (C=O) groups is 2. The van der Waals surface area contributed by atoms with E-state index in [1.54, 1.807) is 42.7 Å². The molecule has 1 atom stereocenters. The van der Waals surface area contributed by atoms with Gasteiger partial charge >= 0.3 is 0 Å². The van der Waals surface area contributed by atoms with Crippen LogP contribution in [0.5, 0.6) is 11.5 Å². The van der Waals surface area contributed by atoms with Crippen LogP contribution in [-0.2, 0) is 16.1 Å². The normalized spacial score (nSPS) is 17.0. The molecule has 7 nitrogen and oxygen atoms in total. The van der Waals surface area contributed by atoms with Crippen LogP contribution in [-0.4, -0.2) is 39.9 Å². The number of aromatic nitrogens is 1. The van der Waals surface area contributed by atoms with Gasteiger partial charge in [-0.2, -0.15) is 0 Å². The van der Waals surface area contributed by atoms with Crippen molar-refractivity contribution in [1.29, 1.82) is 0 Å². The van der Waals surface area contributed by atoms with Crippen LogP contribution in [0.3, 0.4) is 0 Å². The minimum atomic E-state index is -0.907. The number of hydrogen-bond acceptors (Lipinski definition) is 6. The molecule has 35 heavy (non-hydrogen) atoms. The van der Waals surface area contributed by atoms with Gasteiger partial charge < -0.3 is 19.5 Å². The molecule has 2 heterocycles. The van der Waals surface area contributed by atoms with Crippen molar-refractivity contribution in [2.24, 2.45) is 0 Å². The van der Waals surface area contributed by atoms with Gasteiger partial charge in [0.1, 0.15) is 11.6 Å². The minimum Gasteiger partial charge on any atom is -0.507 e. The van der Waals surface area contributed by atoms with Crippen LogP contribution in [0.2, 0.25) is 0 Å². The zero-order valence-electron chi connectivity index (χ0n) is 19.4. The van der Waals surface area contributed by atoms with Crippen LogP contribution in [0.15, 0.2) is 72.6 Å². The number of likely N-dealkylation sites (tertiary alicyclic amines) is 1. The molecule has 4 rings (SSSR count). The number of amides is 1. The molecule has 0 spiro atoms. The van der Waals surface area contributed by atoms with Crippen molar-refractivity contribution in [1.82, 2.24) is 9.88 Å². The standard InChI is InChI=1S/C27H25FN2O5/c1-3-34-21-12-9-19(14-22(21)35-4-2)24-23(25(31)18-7-10-20(28)11-8-18)26(32)27(33)30(24)16-17-6-5-13-29-15-17/h5-15,24,31H,3-4,16H2,1-2H3/t24-/m0/s1. The molecule has 1 amide bonds. The van der Waals surface area contributed by atoms with E-state index in [1.807, 2.05) is 13.8 Å². The maximum absolute atomic E-state index is 13.5. The fourth-order valence-corrected chi connectivity index (χ4v) is 4.08. The first-order valence-corrected chi connectivity index (χ1v) is 11.3. The quantitative estimate of drug-likeness (QED) is 0.290. The van der Waals surface area contributed by atoms with Gasteiger partial charge in [-0.1, -0.05) is 12.1 Å². The first-order valence-electron chi connectivity index (χ1n) is 11.3. The molecule has 0 unspecified atom stereocenters. The molecule has 8 heteroatoms. The van der Waals surface area contributed by atoms with Gasteiger partial charge in [0.05, 0.1) is 24.8 Å². The number of Topliss-reactive ketones (excluding diaryl/α,β-unsaturated/α-hetero) is 1. The molecule has 0 saturated carbocycles. The predicted molar refractivity (Wildman–Crippen MR) is 127 cm³/mol. The third kappa shape index (κ3) is 4.87. The Morgan fingerprint density at radius 3 is 2.40 bits per heavy atom. The zero-order valence-corrected chi connectivity index (χ0v) is 19.4. The lowest BCUT2D eigenvalue weighted by Gasteiger charge is -2.26. The Morgan fingerprint density at radius 2 is 1.74 bits per heavy atom. The summed E-state index contributed by atoms with van der Waals surface area (Å²) in [5, 5.41) is 11.1. The average molecular weight is 477 g/mol. The van der Waals surface area contributed by atoms with E-state index in [-0.39, 0.29) is 23.4 Å². The Kier molecular flexibility index (Phi) is 7.10. The van der Waals surface area contributed by atoms with Gasteiger partial charge in [0, 0.05) is 24.5 Å². The Hall–Kier alpha value is -4.20. The molecular weight excluding hydrogens is 451 g/mol. The molecule has 0 bridgehead atoms. The Labute approximate surface area is 202 Å². The lowest BCUT2D eigenvalue weighted by molar-refractivity contribution is -0.140. The molecule has 1 saturated heterocycles. The number of aliphatic hydroxyl groups is 1. The van der Waals surface area contributed by atoms with Crippen molar-refractivity contribution in [3.05, 3.63) is 95.1 Å². The average Bonchev–Trinajstić information content (AvgIpc) is 3.11. The van der Waals surface area contributed by atoms with Crippen LogP contribution in [0.25, 0.3) is 5.76 Å². The number of ether oxygens (including phenoxy) is 2. The second-order valence-electron chi connectivity index (χ2n) is 7.87. The van der Waals surface area contributed by atoms with Crippen LogP contribution in [0, 0.1) is 5.82 Å². The maximum atomic E-state index is 13.5. The molecular formula is C27H25FN2O5. The fourth-order valence-electron chi connectivity index (χ4n) is 4.08. The number of ketones is 1. The highest BCUT2D eigenvalue weighted by molar-refractivity contribution is 6.46. The summed E-state index contributed by atoms with van der Waals surface area (Å²) in [5.41, 5.74) is 1.42. The summed E-state index contributed by atoms with van der Waals surface area (Å²) in [4.78, 5) is 31.8.